The highest BCUT2D eigenvalue weighted by Crippen LogP contribution is 2.22. The molecule has 20 heavy (non-hydrogen) atoms. The van der Waals surface area contributed by atoms with Crippen LogP contribution in [-0.2, 0) is 4.79 Å². The van der Waals surface area contributed by atoms with Crippen LogP contribution in [0.3, 0.4) is 0 Å². The van der Waals surface area contributed by atoms with Gasteiger partial charge in [-0.3, -0.25) is 4.79 Å². The Labute approximate surface area is 123 Å². The van der Waals surface area contributed by atoms with Crippen molar-refractivity contribution in [2.75, 3.05) is 5.75 Å². The first-order valence-corrected chi connectivity index (χ1v) is 7.25. The zero-order valence-corrected chi connectivity index (χ0v) is 12.6. The molecular weight excluding hydrogens is 270 g/mol. The zero-order chi connectivity index (χ0) is 15.2. The number of nitrogens with zero attached hydrogens (tertiary/aromatic N) is 2. The SMILES string of the molecule is CC(C)[C@](C)(C#N)NC(=O)CSc1ccccc1C#N. The van der Waals surface area contributed by atoms with Crippen molar-refractivity contribution in [2.45, 2.75) is 31.2 Å². The van der Waals surface area contributed by atoms with Crippen LogP contribution in [0.2, 0.25) is 0 Å². The molecule has 0 aliphatic carbocycles. The minimum Gasteiger partial charge on any atom is -0.337 e. The van der Waals surface area contributed by atoms with Crippen molar-refractivity contribution in [1.29, 1.82) is 10.5 Å². The van der Waals surface area contributed by atoms with E-state index in [1.54, 1.807) is 19.1 Å². The molecule has 104 valence electrons. The maximum Gasteiger partial charge on any atom is 0.231 e. The van der Waals surface area contributed by atoms with Crippen molar-refractivity contribution in [1.82, 2.24) is 5.32 Å². The number of thioether (sulfide) groups is 1. The number of hydrogen-bond acceptors (Lipinski definition) is 4. The Kier molecular flexibility index (Phi) is 5.61. The third-order valence-electron chi connectivity index (χ3n) is 3.15. The molecule has 1 aromatic rings. The number of amides is 1. The summed E-state index contributed by atoms with van der Waals surface area (Å²) in [7, 11) is 0. The van der Waals surface area contributed by atoms with Gasteiger partial charge in [-0.1, -0.05) is 26.0 Å². The lowest BCUT2D eigenvalue weighted by atomic mass is 9.90. The summed E-state index contributed by atoms with van der Waals surface area (Å²) in [5.74, 6) is -0.00351. The van der Waals surface area contributed by atoms with Crippen molar-refractivity contribution in [3.63, 3.8) is 0 Å². The maximum atomic E-state index is 11.9. The van der Waals surface area contributed by atoms with E-state index in [-0.39, 0.29) is 17.6 Å². The second-order valence-electron chi connectivity index (χ2n) is 4.91. The lowest BCUT2D eigenvalue weighted by molar-refractivity contribution is -0.120. The summed E-state index contributed by atoms with van der Waals surface area (Å²) in [6.45, 7) is 5.49. The number of nitrogens with one attached hydrogen (secondary N) is 1. The number of hydrogen-bond donors (Lipinski definition) is 1. The van der Waals surface area contributed by atoms with Crippen LogP contribution in [-0.4, -0.2) is 17.2 Å². The summed E-state index contributed by atoms with van der Waals surface area (Å²) < 4.78 is 0. The van der Waals surface area contributed by atoms with Crippen molar-refractivity contribution in [3.8, 4) is 12.1 Å². The van der Waals surface area contributed by atoms with Crippen LogP contribution in [0.1, 0.15) is 26.3 Å². The molecule has 0 heterocycles. The predicted octanol–water partition coefficient (Wildman–Crippen LogP) is 2.70. The molecule has 5 heteroatoms. The first kappa shape index (κ1) is 16.1. The van der Waals surface area contributed by atoms with Crippen molar-refractivity contribution in [3.05, 3.63) is 29.8 Å². The van der Waals surface area contributed by atoms with Crippen LogP contribution in [0.4, 0.5) is 0 Å². The molecule has 1 amide bonds. The molecule has 0 saturated heterocycles. The summed E-state index contributed by atoms with van der Waals surface area (Å²) in [5, 5.41) is 20.9. The Hall–Kier alpha value is -1.98. The van der Waals surface area contributed by atoms with E-state index in [4.69, 9.17) is 10.5 Å². The number of nitriles is 2. The molecule has 0 saturated carbocycles. The smallest absolute Gasteiger partial charge is 0.231 e. The number of rotatable bonds is 5. The van der Waals surface area contributed by atoms with Crippen LogP contribution in [0.25, 0.3) is 0 Å². The molecule has 0 aromatic heterocycles. The second-order valence-corrected chi connectivity index (χ2v) is 5.93. The average molecular weight is 287 g/mol. The zero-order valence-electron chi connectivity index (χ0n) is 11.8. The largest absolute Gasteiger partial charge is 0.337 e. The molecule has 0 bridgehead atoms. The third-order valence-corrected chi connectivity index (χ3v) is 4.23. The van der Waals surface area contributed by atoms with Crippen molar-refractivity contribution in [2.24, 2.45) is 5.92 Å². The van der Waals surface area contributed by atoms with E-state index in [2.05, 4.69) is 17.5 Å². The van der Waals surface area contributed by atoms with Gasteiger partial charge in [-0.05, 0) is 25.0 Å². The fourth-order valence-electron chi connectivity index (χ4n) is 1.46. The van der Waals surface area contributed by atoms with Crippen molar-refractivity contribution < 1.29 is 4.79 Å². The standard InChI is InChI=1S/C15H17N3OS/c1-11(2)15(3,10-17)18-14(19)9-20-13-7-5-4-6-12(13)8-16/h4-7,11H,9H2,1-3H3,(H,18,19)/t15-/m0/s1. The molecule has 0 aliphatic heterocycles. The van der Waals surface area contributed by atoms with Gasteiger partial charge in [0.2, 0.25) is 5.91 Å². The summed E-state index contributed by atoms with van der Waals surface area (Å²) in [6.07, 6.45) is 0. The molecule has 1 atom stereocenters. The highest BCUT2D eigenvalue weighted by Gasteiger charge is 2.29. The van der Waals surface area contributed by atoms with Gasteiger partial charge in [-0.25, -0.2) is 0 Å². The molecular formula is C15H17N3OS. The van der Waals surface area contributed by atoms with Crippen LogP contribution in [0, 0.1) is 28.6 Å². The van der Waals surface area contributed by atoms with Gasteiger partial charge < -0.3 is 5.32 Å². The number of carbonyl (C=O) groups is 1. The Bertz CT molecular complexity index is 571. The molecule has 1 aromatic carbocycles. The summed E-state index contributed by atoms with van der Waals surface area (Å²) in [4.78, 5) is 12.7. The van der Waals surface area contributed by atoms with Gasteiger partial charge >= 0.3 is 0 Å². The Balaban J connectivity index is 2.65. The van der Waals surface area contributed by atoms with Crippen LogP contribution in [0.15, 0.2) is 29.2 Å². The van der Waals surface area contributed by atoms with Gasteiger partial charge in [0.25, 0.3) is 0 Å². The van der Waals surface area contributed by atoms with E-state index < -0.39 is 5.54 Å². The van der Waals surface area contributed by atoms with Crippen LogP contribution in [0.5, 0.6) is 0 Å². The van der Waals surface area contributed by atoms with Gasteiger partial charge in [0, 0.05) is 4.90 Å². The lowest BCUT2D eigenvalue weighted by Gasteiger charge is -2.27. The third kappa shape index (κ3) is 4.01. The predicted molar refractivity (Wildman–Crippen MR) is 78.9 cm³/mol. The topological polar surface area (TPSA) is 76.7 Å². The average Bonchev–Trinajstić information content (AvgIpc) is 2.45. The normalized spacial score (nSPS) is 13.1. The maximum absolute atomic E-state index is 11.9. The first-order chi connectivity index (χ1) is 9.42. The van der Waals surface area contributed by atoms with Gasteiger partial charge in [-0.15, -0.1) is 11.8 Å². The highest BCUT2D eigenvalue weighted by molar-refractivity contribution is 8.00. The van der Waals surface area contributed by atoms with Gasteiger partial charge in [0.05, 0.1) is 17.4 Å². The fraction of sp³-hybridized carbons (Fsp3) is 0.400. The minimum absolute atomic E-state index is 0.0212. The molecule has 0 radical (unpaired) electrons. The van der Waals surface area contributed by atoms with E-state index in [0.717, 1.165) is 4.90 Å². The van der Waals surface area contributed by atoms with E-state index >= 15 is 0 Å². The minimum atomic E-state index is -0.869. The van der Waals surface area contributed by atoms with E-state index in [1.165, 1.54) is 11.8 Å². The first-order valence-electron chi connectivity index (χ1n) is 6.27. The molecule has 0 fully saturated rings. The fourth-order valence-corrected chi connectivity index (χ4v) is 2.26. The monoisotopic (exact) mass is 287 g/mol. The summed E-state index contributed by atoms with van der Waals surface area (Å²) >= 11 is 1.30. The molecule has 1 N–H and O–H groups in total. The molecule has 1 rings (SSSR count). The van der Waals surface area contributed by atoms with Gasteiger partial charge in [0.1, 0.15) is 11.6 Å². The van der Waals surface area contributed by atoms with Crippen LogP contribution < -0.4 is 5.32 Å². The van der Waals surface area contributed by atoms with E-state index in [9.17, 15) is 4.79 Å². The Morgan fingerprint density at radius 2 is 2.05 bits per heavy atom. The summed E-state index contributed by atoms with van der Waals surface area (Å²) in [5.41, 5.74) is -0.316. The quantitative estimate of drug-likeness (QED) is 0.845. The lowest BCUT2D eigenvalue weighted by Crippen LogP contribution is -2.49. The van der Waals surface area contributed by atoms with Crippen LogP contribution >= 0.6 is 11.8 Å². The molecule has 0 spiro atoms. The number of benzene rings is 1. The van der Waals surface area contributed by atoms with E-state index in [0.29, 0.717) is 5.56 Å². The summed E-state index contributed by atoms with van der Waals surface area (Å²) in [6, 6.07) is 11.4. The Morgan fingerprint density at radius 3 is 2.60 bits per heavy atom. The second kappa shape index (κ2) is 6.98. The van der Waals surface area contributed by atoms with Crippen molar-refractivity contribution >= 4 is 17.7 Å². The van der Waals surface area contributed by atoms with Gasteiger partial charge in [0.15, 0.2) is 0 Å². The number of carbonyl (C=O) groups excluding carboxylic acids is 1. The Morgan fingerprint density at radius 1 is 1.40 bits per heavy atom. The molecule has 0 unspecified atom stereocenters. The highest BCUT2D eigenvalue weighted by atomic mass is 32.2. The molecule has 4 nitrogen and oxygen atoms in total. The van der Waals surface area contributed by atoms with Gasteiger partial charge in [-0.2, -0.15) is 10.5 Å². The van der Waals surface area contributed by atoms with E-state index in [1.807, 2.05) is 26.0 Å². The molecule has 0 aliphatic rings.